The van der Waals surface area contributed by atoms with E-state index in [1.165, 1.54) is 7.11 Å². The maximum atomic E-state index is 11.7. The zero-order chi connectivity index (χ0) is 15.3. The molecule has 0 bridgehead atoms. The highest BCUT2D eigenvalue weighted by atomic mass is 16.5. The summed E-state index contributed by atoms with van der Waals surface area (Å²) in [5.74, 6) is 0.708. The van der Waals surface area contributed by atoms with Gasteiger partial charge in [-0.15, -0.1) is 0 Å². The molecule has 2 N–H and O–H groups in total. The van der Waals surface area contributed by atoms with Crippen molar-refractivity contribution in [2.75, 3.05) is 30.8 Å². The van der Waals surface area contributed by atoms with Crippen LogP contribution in [0.3, 0.4) is 0 Å². The fourth-order valence-corrected chi connectivity index (χ4v) is 2.19. The van der Waals surface area contributed by atoms with E-state index in [9.17, 15) is 4.79 Å². The minimum absolute atomic E-state index is 0.390. The lowest BCUT2D eigenvalue weighted by molar-refractivity contribution is 0.0602. The predicted molar refractivity (Wildman–Crippen MR) is 84.1 cm³/mol. The Bertz CT molecular complexity index is 446. The third-order valence-electron chi connectivity index (χ3n) is 2.98. The van der Waals surface area contributed by atoms with Crippen LogP contribution < -0.4 is 10.6 Å². The first kappa shape index (κ1) is 16.3. The topological polar surface area (TPSA) is 55.6 Å². The Morgan fingerprint density at radius 3 is 2.20 bits per heavy atom. The molecule has 1 aromatic carbocycles. The summed E-state index contributed by atoms with van der Waals surface area (Å²) in [4.78, 5) is 14.0. The number of esters is 1. The van der Waals surface area contributed by atoms with E-state index in [2.05, 4.69) is 32.6 Å². The molecule has 1 rings (SSSR count). The molecule has 0 amide bonds. The van der Waals surface area contributed by atoms with Crippen molar-refractivity contribution >= 4 is 17.3 Å². The monoisotopic (exact) mass is 278 g/mol. The molecule has 0 fully saturated rings. The Morgan fingerprint density at radius 2 is 1.75 bits per heavy atom. The minimum Gasteiger partial charge on any atom is -0.465 e. The van der Waals surface area contributed by atoms with Crippen molar-refractivity contribution in [3.05, 3.63) is 23.8 Å². The second kappa shape index (κ2) is 7.17. The molecule has 0 aliphatic carbocycles. The van der Waals surface area contributed by atoms with Gasteiger partial charge in [-0.1, -0.05) is 27.7 Å². The molecule has 0 aliphatic rings. The highest BCUT2D eigenvalue weighted by molar-refractivity contribution is 5.96. The van der Waals surface area contributed by atoms with Gasteiger partial charge in [-0.2, -0.15) is 0 Å². The third kappa shape index (κ3) is 4.44. The summed E-state index contributed by atoms with van der Waals surface area (Å²) in [7, 11) is 1.37. The molecular weight excluding hydrogens is 252 g/mol. The molecule has 4 nitrogen and oxygen atoms in total. The highest BCUT2D eigenvalue weighted by Gasteiger charge is 2.15. The molecule has 0 saturated heterocycles. The Hall–Kier alpha value is -1.71. The lowest BCUT2D eigenvalue weighted by atomic mass is 10.1. The van der Waals surface area contributed by atoms with Crippen LogP contribution in [0, 0.1) is 11.8 Å². The van der Waals surface area contributed by atoms with Gasteiger partial charge >= 0.3 is 5.97 Å². The smallest absolute Gasteiger partial charge is 0.340 e. The average molecular weight is 278 g/mol. The first-order valence-corrected chi connectivity index (χ1v) is 7.08. The number of methoxy groups -OCH3 is 1. The number of hydrogen-bond acceptors (Lipinski definition) is 4. The van der Waals surface area contributed by atoms with Crippen LogP contribution in [0.2, 0.25) is 0 Å². The van der Waals surface area contributed by atoms with Crippen LogP contribution in [0.25, 0.3) is 0 Å². The highest BCUT2D eigenvalue weighted by Crippen LogP contribution is 2.23. The fraction of sp³-hybridized carbons (Fsp3) is 0.562. The second-order valence-corrected chi connectivity index (χ2v) is 5.96. The molecule has 4 heteroatoms. The van der Waals surface area contributed by atoms with Crippen LogP contribution >= 0.6 is 0 Å². The summed E-state index contributed by atoms with van der Waals surface area (Å²) in [6, 6.07) is 5.56. The first-order chi connectivity index (χ1) is 9.35. The summed E-state index contributed by atoms with van der Waals surface area (Å²) < 4.78 is 4.78. The number of nitrogens with two attached hydrogens (primary N) is 1. The van der Waals surface area contributed by atoms with Crippen LogP contribution in [0.4, 0.5) is 11.4 Å². The van der Waals surface area contributed by atoms with Gasteiger partial charge in [-0.05, 0) is 30.0 Å². The van der Waals surface area contributed by atoms with Crippen LogP contribution in [0.1, 0.15) is 38.1 Å². The van der Waals surface area contributed by atoms with Crippen LogP contribution in [-0.2, 0) is 4.74 Å². The molecule has 0 atom stereocenters. The quantitative estimate of drug-likeness (QED) is 0.641. The second-order valence-electron chi connectivity index (χ2n) is 5.96. The number of rotatable bonds is 6. The predicted octanol–water partition coefficient (Wildman–Crippen LogP) is 3.17. The van der Waals surface area contributed by atoms with E-state index in [1.54, 1.807) is 6.07 Å². The number of nitrogens with zero attached hydrogens (tertiary/aromatic N) is 1. The van der Waals surface area contributed by atoms with E-state index in [-0.39, 0.29) is 0 Å². The molecule has 0 aliphatic heterocycles. The van der Waals surface area contributed by atoms with Crippen molar-refractivity contribution < 1.29 is 9.53 Å². The zero-order valence-electron chi connectivity index (χ0n) is 13.1. The number of carbonyl (C=O) groups excluding carboxylic acids is 1. The molecule has 0 saturated carbocycles. The van der Waals surface area contributed by atoms with Gasteiger partial charge in [0.15, 0.2) is 0 Å². The molecule has 0 spiro atoms. The van der Waals surface area contributed by atoms with Gasteiger partial charge in [-0.25, -0.2) is 4.79 Å². The number of ether oxygens (including phenoxy) is 1. The van der Waals surface area contributed by atoms with E-state index in [0.29, 0.717) is 23.1 Å². The van der Waals surface area contributed by atoms with Crippen molar-refractivity contribution in [3.63, 3.8) is 0 Å². The van der Waals surface area contributed by atoms with Gasteiger partial charge in [-0.3, -0.25) is 0 Å². The number of benzene rings is 1. The summed E-state index contributed by atoms with van der Waals surface area (Å²) >= 11 is 0. The summed E-state index contributed by atoms with van der Waals surface area (Å²) in [6.07, 6.45) is 0. The molecule has 1 aromatic rings. The minimum atomic E-state index is -0.390. The Labute approximate surface area is 121 Å². The lowest BCUT2D eigenvalue weighted by Crippen LogP contribution is -2.31. The average Bonchev–Trinajstić information content (AvgIpc) is 2.36. The van der Waals surface area contributed by atoms with Crippen molar-refractivity contribution in [2.45, 2.75) is 27.7 Å². The van der Waals surface area contributed by atoms with Crippen molar-refractivity contribution in [1.82, 2.24) is 0 Å². The molecule has 0 heterocycles. The molecular formula is C16H26N2O2. The summed E-state index contributed by atoms with van der Waals surface area (Å²) in [6.45, 7) is 10.6. The molecule has 112 valence electrons. The third-order valence-corrected chi connectivity index (χ3v) is 2.98. The summed E-state index contributed by atoms with van der Waals surface area (Å²) in [5.41, 5.74) is 7.75. The van der Waals surface area contributed by atoms with E-state index in [1.807, 2.05) is 12.1 Å². The van der Waals surface area contributed by atoms with Gasteiger partial charge in [0.25, 0.3) is 0 Å². The number of hydrogen-bond donors (Lipinski definition) is 1. The normalized spacial score (nSPS) is 10.9. The van der Waals surface area contributed by atoms with Gasteiger partial charge < -0.3 is 15.4 Å². The number of nitrogen functional groups attached to an aromatic ring is 1. The molecule has 0 radical (unpaired) electrons. The first-order valence-electron chi connectivity index (χ1n) is 7.08. The van der Waals surface area contributed by atoms with Crippen molar-refractivity contribution in [2.24, 2.45) is 11.8 Å². The van der Waals surface area contributed by atoms with Crippen molar-refractivity contribution in [1.29, 1.82) is 0 Å². The van der Waals surface area contributed by atoms with E-state index < -0.39 is 5.97 Å². The Kier molecular flexibility index (Phi) is 5.86. The maximum absolute atomic E-state index is 11.7. The molecule has 20 heavy (non-hydrogen) atoms. The van der Waals surface area contributed by atoms with Crippen LogP contribution in [0.5, 0.6) is 0 Å². The Morgan fingerprint density at radius 1 is 1.20 bits per heavy atom. The summed E-state index contributed by atoms with van der Waals surface area (Å²) in [5, 5.41) is 0. The zero-order valence-corrected chi connectivity index (χ0v) is 13.1. The van der Waals surface area contributed by atoms with Gasteiger partial charge in [0.1, 0.15) is 0 Å². The van der Waals surface area contributed by atoms with Gasteiger partial charge in [0, 0.05) is 24.5 Å². The number of carbonyl (C=O) groups is 1. The molecule has 0 unspecified atom stereocenters. The lowest BCUT2D eigenvalue weighted by Gasteiger charge is -2.29. The fourth-order valence-electron chi connectivity index (χ4n) is 2.19. The van der Waals surface area contributed by atoms with Crippen LogP contribution in [-0.4, -0.2) is 26.2 Å². The van der Waals surface area contributed by atoms with E-state index in [0.717, 1.165) is 18.8 Å². The Balaban J connectivity index is 3.09. The van der Waals surface area contributed by atoms with Crippen LogP contribution in [0.15, 0.2) is 18.2 Å². The van der Waals surface area contributed by atoms with E-state index >= 15 is 0 Å². The molecule has 0 aromatic heterocycles. The maximum Gasteiger partial charge on any atom is 0.340 e. The largest absolute Gasteiger partial charge is 0.465 e. The van der Waals surface area contributed by atoms with Gasteiger partial charge in [0.05, 0.1) is 12.7 Å². The standard InChI is InChI=1S/C16H26N2O2/c1-11(2)9-18(10-12(3)4)13-6-7-15(17)14(8-13)16(19)20-5/h6-8,11-12H,9-10,17H2,1-5H3. The van der Waals surface area contributed by atoms with E-state index in [4.69, 9.17) is 10.5 Å². The van der Waals surface area contributed by atoms with Gasteiger partial charge in [0.2, 0.25) is 0 Å². The number of anilines is 2. The SMILES string of the molecule is COC(=O)c1cc(N(CC(C)C)CC(C)C)ccc1N. The van der Waals surface area contributed by atoms with Crippen molar-refractivity contribution in [3.8, 4) is 0 Å².